The van der Waals surface area contributed by atoms with Crippen molar-refractivity contribution in [2.45, 2.75) is 13.3 Å². The maximum Gasteiger partial charge on any atom is 0.255 e. The van der Waals surface area contributed by atoms with Crippen molar-refractivity contribution in [2.75, 3.05) is 5.01 Å². The Morgan fingerprint density at radius 1 is 1.50 bits per heavy atom. The van der Waals surface area contributed by atoms with Crippen LogP contribution in [-0.2, 0) is 4.79 Å². The number of aryl methyl sites for hydroxylation is 1. The van der Waals surface area contributed by atoms with Gasteiger partial charge in [-0.3, -0.25) is 4.79 Å². The van der Waals surface area contributed by atoms with Crippen LogP contribution in [0, 0.1) is 6.92 Å². The predicted octanol–water partition coefficient (Wildman–Crippen LogP) is 1.00. The average Bonchev–Trinajstić information content (AvgIpc) is 2.45. The van der Waals surface area contributed by atoms with Gasteiger partial charge in [0.2, 0.25) is 0 Å². The lowest BCUT2D eigenvalue weighted by Crippen LogP contribution is -2.19. The van der Waals surface area contributed by atoms with Crippen molar-refractivity contribution < 1.29 is 4.79 Å². The van der Waals surface area contributed by atoms with Crippen molar-refractivity contribution in [1.82, 2.24) is 0 Å². The molecule has 0 radical (unpaired) electrons. The quantitative estimate of drug-likeness (QED) is 0.716. The first-order valence-electron chi connectivity index (χ1n) is 4.39. The fourth-order valence-corrected chi connectivity index (χ4v) is 1.41. The number of hydrazone groups is 1. The molecule has 1 aromatic carbocycles. The second-order valence-electron chi connectivity index (χ2n) is 3.31. The van der Waals surface area contributed by atoms with Crippen LogP contribution >= 0.6 is 0 Å². The summed E-state index contributed by atoms with van der Waals surface area (Å²) in [5.74, 6) is 0.296. The fourth-order valence-electron chi connectivity index (χ4n) is 1.41. The summed E-state index contributed by atoms with van der Waals surface area (Å²) in [5.41, 5.74) is 7.35. The average molecular weight is 189 g/mol. The summed E-state index contributed by atoms with van der Waals surface area (Å²) in [4.78, 5) is 11.4. The van der Waals surface area contributed by atoms with Crippen LogP contribution in [0.5, 0.6) is 0 Å². The van der Waals surface area contributed by atoms with Crippen LogP contribution in [0.2, 0.25) is 0 Å². The molecular weight excluding hydrogens is 178 g/mol. The van der Waals surface area contributed by atoms with Crippen LogP contribution in [-0.4, -0.2) is 11.7 Å². The summed E-state index contributed by atoms with van der Waals surface area (Å²) in [6.07, 6.45) is 0.216. The molecule has 2 N–H and O–H groups in total. The zero-order valence-electron chi connectivity index (χ0n) is 7.90. The van der Waals surface area contributed by atoms with Crippen LogP contribution < -0.4 is 10.7 Å². The molecule has 2 rings (SSSR count). The van der Waals surface area contributed by atoms with E-state index >= 15 is 0 Å². The van der Waals surface area contributed by atoms with Crippen molar-refractivity contribution in [2.24, 2.45) is 10.8 Å². The molecule has 0 saturated carbocycles. The van der Waals surface area contributed by atoms with Gasteiger partial charge in [-0.2, -0.15) is 10.1 Å². The third-order valence-corrected chi connectivity index (χ3v) is 2.04. The van der Waals surface area contributed by atoms with E-state index in [1.165, 1.54) is 5.01 Å². The molecule has 1 aliphatic heterocycles. The number of amidine groups is 1. The summed E-state index contributed by atoms with van der Waals surface area (Å²) in [6.45, 7) is 1.97. The largest absolute Gasteiger partial charge is 0.385 e. The highest BCUT2D eigenvalue weighted by Crippen LogP contribution is 2.20. The maximum absolute atomic E-state index is 11.4. The molecule has 1 heterocycles. The summed E-state index contributed by atoms with van der Waals surface area (Å²) in [6, 6.07) is 7.60. The number of carbonyl (C=O) groups excluding carboxylic acids is 1. The summed E-state index contributed by atoms with van der Waals surface area (Å²) < 4.78 is 0. The first kappa shape index (κ1) is 8.74. The number of hydrogen-bond acceptors (Lipinski definition) is 3. The van der Waals surface area contributed by atoms with E-state index in [2.05, 4.69) is 5.10 Å². The van der Waals surface area contributed by atoms with Crippen molar-refractivity contribution in [1.29, 1.82) is 0 Å². The molecule has 4 nitrogen and oxygen atoms in total. The highest BCUT2D eigenvalue weighted by molar-refractivity contribution is 6.11. The summed E-state index contributed by atoms with van der Waals surface area (Å²) in [5, 5.41) is 5.31. The number of nitrogens with two attached hydrogens (primary N) is 1. The zero-order chi connectivity index (χ0) is 10.1. The Kier molecular flexibility index (Phi) is 1.96. The van der Waals surface area contributed by atoms with E-state index in [0.717, 1.165) is 11.3 Å². The Balaban J connectivity index is 2.36. The molecule has 4 heteroatoms. The lowest BCUT2D eigenvalue weighted by Gasteiger charge is -2.11. The van der Waals surface area contributed by atoms with Gasteiger partial charge >= 0.3 is 0 Å². The van der Waals surface area contributed by atoms with E-state index in [1.807, 2.05) is 31.2 Å². The molecule has 0 fully saturated rings. The van der Waals surface area contributed by atoms with Gasteiger partial charge in [0.05, 0.1) is 12.1 Å². The monoisotopic (exact) mass is 189 g/mol. The first-order chi connectivity index (χ1) is 6.66. The smallest absolute Gasteiger partial charge is 0.255 e. The van der Waals surface area contributed by atoms with Crippen LogP contribution in [0.15, 0.2) is 29.4 Å². The Hall–Kier alpha value is -1.84. The summed E-state index contributed by atoms with van der Waals surface area (Å²) >= 11 is 0. The number of nitrogens with zero attached hydrogens (tertiary/aromatic N) is 2. The molecule has 0 saturated heterocycles. The van der Waals surface area contributed by atoms with E-state index in [4.69, 9.17) is 5.73 Å². The molecule has 1 aliphatic rings. The van der Waals surface area contributed by atoms with E-state index in [9.17, 15) is 4.79 Å². The number of benzene rings is 1. The second-order valence-corrected chi connectivity index (χ2v) is 3.31. The standard InChI is InChI=1S/C10H11N3O/c1-7-3-2-4-8(5-7)13-10(14)6-9(11)12-13/h2-5H,6H2,1H3,(H2,11,12). The second kappa shape index (κ2) is 3.14. The molecule has 0 bridgehead atoms. The van der Waals surface area contributed by atoms with E-state index in [1.54, 1.807) is 0 Å². The third-order valence-electron chi connectivity index (χ3n) is 2.04. The number of hydrogen-bond donors (Lipinski definition) is 1. The number of carbonyl (C=O) groups is 1. The van der Waals surface area contributed by atoms with Gasteiger partial charge in [-0.1, -0.05) is 12.1 Å². The van der Waals surface area contributed by atoms with E-state index in [-0.39, 0.29) is 12.3 Å². The number of anilines is 1. The number of rotatable bonds is 1. The van der Waals surface area contributed by atoms with Gasteiger partial charge in [0, 0.05) is 0 Å². The minimum absolute atomic E-state index is 0.0758. The van der Waals surface area contributed by atoms with Gasteiger partial charge in [0.15, 0.2) is 0 Å². The van der Waals surface area contributed by atoms with Crippen LogP contribution in [0.3, 0.4) is 0 Å². The van der Waals surface area contributed by atoms with Gasteiger partial charge in [-0.25, -0.2) is 0 Å². The summed E-state index contributed by atoms with van der Waals surface area (Å²) in [7, 11) is 0. The molecule has 0 aromatic heterocycles. The lowest BCUT2D eigenvalue weighted by molar-refractivity contribution is -0.116. The zero-order valence-corrected chi connectivity index (χ0v) is 7.90. The van der Waals surface area contributed by atoms with Crippen molar-refractivity contribution in [3.8, 4) is 0 Å². The van der Waals surface area contributed by atoms with Gasteiger partial charge in [0.1, 0.15) is 5.84 Å². The van der Waals surface area contributed by atoms with Crippen molar-refractivity contribution in [3.05, 3.63) is 29.8 Å². The van der Waals surface area contributed by atoms with Crippen LogP contribution in [0.25, 0.3) is 0 Å². The van der Waals surface area contributed by atoms with Crippen molar-refractivity contribution >= 4 is 17.4 Å². The molecule has 1 amide bonds. The van der Waals surface area contributed by atoms with Crippen LogP contribution in [0.4, 0.5) is 5.69 Å². The molecule has 14 heavy (non-hydrogen) atoms. The fraction of sp³-hybridized carbons (Fsp3) is 0.200. The molecular formula is C10H11N3O. The molecule has 1 aromatic rings. The van der Waals surface area contributed by atoms with Gasteiger partial charge < -0.3 is 5.73 Å². The van der Waals surface area contributed by atoms with Gasteiger partial charge in [-0.15, -0.1) is 0 Å². The predicted molar refractivity (Wildman–Crippen MR) is 54.9 cm³/mol. The highest BCUT2D eigenvalue weighted by atomic mass is 16.2. The lowest BCUT2D eigenvalue weighted by atomic mass is 10.2. The topological polar surface area (TPSA) is 58.7 Å². The first-order valence-corrected chi connectivity index (χ1v) is 4.39. The van der Waals surface area contributed by atoms with Crippen LogP contribution in [0.1, 0.15) is 12.0 Å². The minimum Gasteiger partial charge on any atom is -0.385 e. The Labute approximate surface area is 82.0 Å². The Morgan fingerprint density at radius 3 is 2.86 bits per heavy atom. The van der Waals surface area contributed by atoms with E-state index in [0.29, 0.717) is 5.84 Å². The number of amides is 1. The minimum atomic E-state index is -0.0758. The Morgan fingerprint density at radius 2 is 2.29 bits per heavy atom. The van der Waals surface area contributed by atoms with Crippen molar-refractivity contribution in [3.63, 3.8) is 0 Å². The normalized spacial score (nSPS) is 15.9. The SMILES string of the molecule is Cc1cccc(N2N=C(N)CC2=O)c1. The van der Waals surface area contributed by atoms with Gasteiger partial charge in [0.25, 0.3) is 5.91 Å². The molecule has 0 aliphatic carbocycles. The molecule has 0 spiro atoms. The third kappa shape index (κ3) is 1.46. The highest BCUT2D eigenvalue weighted by Gasteiger charge is 2.23. The Bertz CT molecular complexity index is 412. The van der Waals surface area contributed by atoms with E-state index < -0.39 is 0 Å². The molecule has 0 unspecified atom stereocenters. The molecule has 0 atom stereocenters. The molecule has 72 valence electrons. The maximum atomic E-state index is 11.4. The van der Waals surface area contributed by atoms with Gasteiger partial charge in [-0.05, 0) is 24.6 Å².